The van der Waals surface area contributed by atoms with Crippen LogP contribution in [0.4, 0.5) is 4.39 Å². The van der Waals surface area contributed by atoms with E-state index in [-0.39, 0.29) is 11.7 Å². The highest BCUT2D eigenvalue weighted by Crippen LogP contribution is 2.22. The lowest BCUT2D eigenvalue weighted by molar-refractivity contribution is 0.629. The van der Waals surface area contributed by atoms with E-state index in [1.165, 1.54) is 12.1 Å². The highest BCUT2D eigenvalue weighted by atomic mass is 35.5. The van der Waals surface area contributed by atoms with Crippen LogP contribution in [-0.4, -0.2) is 19.3 Å². The van der Waals surface area contributed by atoms with Crippen LogP contribution in [0.2, 0.25) is 0 Å². The third kappa shape index (κ3) is 1.67. The molecule has 0 N–H and O–H groups in total. The number of rotatable bonds is 2. The fraction of sp³-hybridized carbons (Fsp3) is 0.167. The second-order valence-electron chi connectivity index (χ2n) is 3.98. The van der Waals surface area contributed by atoms with E-state index in [1.807, 2.05) is 19.3 Å². The predicted octanol–water partition coefficient (Wildman–Crippen LogP) is 2.64. The Hall–Kier alpha value is -1.88. The maximum atomic E-state index is 13.4. The van der Waals surface area contributed by atoms with Gasteiger partial charge in [-0.15, -0.1) is 11.6 Å². The minimum absolute atomic E-state index is 0.243. The van der Waals surface area contributed by atoms with Gasteiger partial charge in [0.15, 0.2) is 5.82 Å². The molecule has 0 amide bonds. The van der Waals surface area contributed by atoms with Gasteiger partial charge in [0.05, 0.1) is 16.9 Å². The summed E-state index contributed by atoms with van der Waals surface area (Å²) in [6, 6.07) is 6.30. The van der Waals surface area contributed by atoms with E-state index in [1.54, 1.807) is 15.3 Å². The molecule has 0 aliphatic heterocycles. The van der Waals surface area contributed by atoms with E-state index in [2.05, 4.69) is 10.1 Å². The third-order valence-electron chi connectivity index (χ3n) is 2.73. The summed E-state index contributed by atoms with van der Waals surface area (Å²) in [7, 11) is 1.82. The average molecular weight is 265 g/mol. The zero-order valence-corrected chi connectivity index (χ0v) is 10.4. The van der Waals surface area contributed by atoms with Crippen LogP contribution in [0.5, 0.6) is 0 Å². The first kappa shape index (κ1) is 11.2. The first-order valence-corrected chi connectivity index (χ1v) is 5.95. The Bertz CT molecular complexity index is 716. The Morgan fingerprint density at radius 1 is 1.33 bits per heavy atom. The molecule has 3 aromatic rings. The molecule has 0 saturated heterocycles. The van der Waals surface area contributed by atoms with Crippen molar-refractivity contribution in [3.63, 3.8) is 0 Å². The van der Waals surface area contributed by atoms with Crippen LogP contribution in [0, 0.1) is 5.82 Å². The van der Waals surface area contributed by atoms with Gasteiger partial charge in [-0.1, -0.05) is 0 Å². The van der Waals surface area contributed by atoms with Crippen LogP contribution < -0.4 is 0 Å². The predicted molar refractivity (Wildman–Crippen MR) is 67.4 cm³/mol. The highest BCUT2D eigenvalue weighted by molar-refractivity contribution is 6.17. The van der Waals surface area contributed by atoms with Gasteiger partial charge in [-0.05, 0) is 12.1 Å². The normalized spacial score (nSPS) is 11.3. The van der Waals surface area contributed by atoms with Crippen LogP contribution >= 0.6 is 11.6 Å². The van der Waals surface area contributed by atoms with Gasteiger partial charge in [-0.25, -0.2) is 9.37 Å². The van der Waals surface area contributed by atoms with Crippen molar-refractivity contribution < 1.29 is 4.39 Å². The molecule has 0 fully saturated rings. The lowest BCUT2D eigenvalue weighted by Crippen LogP contribution is -2.01. The summed E-state index contributed by atoms with van der Waals surface area (Å²) in [6.07, 6.45) is 1.82. The van der Waals surface area contributed by atoms with Crippen LogP contribution in [0.3, 0.4) is 0 Å². The maximum absolute atomic E-state index is 13.4. The molecule has 0 radical (unpaired) electrons. The molecule has 2 aromatic heterocycles. The molecule has 0 unspecified atom stereocenters. The molecule has 92 valence electrons. The van der Waals surface area contributed by atoms with Crippen LogP contribution in [0.15, 0.2) is 30.5 Å². The fourth-order valence-corrected chi connectivity index (χ4v) is 2.14. The lowest BCUT2D eigenvalue weighted by Gasteiger charge is -2.03. The summed E-state index contributed by atoms with van der Waals surface area (Å²) in [4.78, 5) is 4.37. The Morgan fingerprint density at radius 2 is 2.17 bits per heavy atom. The number of benzene rings is 1. The summed E-state index contributed by atoms with van der Waals surface area (Å²) in [6.45, 7) is 0. The van der Waals surface area contributed by atoms with E-state index in [0.29, 0.717) is 22.7 Å². The molecule has 18 heavy (non-hydrogen) atoms. The SMILES string of the molecule is Cn1ccc(-n2c(CCl)nc3ccc(F)cc32)n1. The standard InChI is InChI=1S/C12H10ClFN4/c1-17-5-4-11(16-17)18-10-6-8(14)2-3-9(10)15-12(18)7-13/h2-6H,7H2,1H3. The Kier molecular flexibility index (Phi) is 2.56. The molecular weight excluding hydrogens is 255 g/mol. The number of halogens is 2. The minimum atomic E-state index is -0.305. The van der Waals surface area contributed by atoms with Gasteiger partial charge in [0, 0.05) is 25.4 Å². The van der Waals surface area contributed by atoms with Crippen molar-refractivity contribution in [2.45, 2.75) is 5.88 Å². The van der Waals surface area contributed by atoms with E-state index in [0.717, 1.165) is 0 Å². The molecular formula is C12H10ClFN4. The zero-order chi connectivity index (χ0) is 12.7. The van der Waals surface area contributed by atoms with Crippen molar-refractivity contribution in [2.75, 3.05) is 0 Å². The number of nitrogens with zero attached hydrogens (tertiary/aromatic N) is 4. The van der Waals surface area contributed by atoms with Gasteiger partial charge in [0.25, 0.3) is 0 Å². The summed E-state index contributed by atoms with van der Waals surface area (Å²) in [5.41, 5.74) is 1.38. The summed E-state index contributed by atoms with van der Waals surface area (Å²) < 4.78 is 16.8. The quantitative estimate of drug-likeness (QED) is 0.667. The van der Waals surface area contributed by atoms with E-state index >= 15 is 0 Å². The lowest BCUT2D eigenvalue weighted by atomic mass is 10.3. The minimum Gasteiger partial charge on any atom is -0.278 e. The number of hydrogen-bond donors (Lipinski definition) is 0. The number of fused-ring (bicyclic) bond motifs is 1. The largest absolute Gasteiger partial charge is 0.278 e. The average Bonchev–Trinajstić information content (AvgIpc) is 2.91. The maximum Gasteiger partial charge on any atom is 0.160 e. The summed E-state index contributed by atoms with van der Waals surface area (Å²) >= 11 is 5.89. The van der Waals surface area contributed by atoms with E-state index in [9.17, 15) is 4.39 Å². The van der Waals surface area contributed by atoms with Gasteiger partial charge < -0.3 is 0 Å². The van der Waals surface area contributed by atoms with Gasteiger partial charge >= 0.3 is 0 Å². The number of hydrogen-bond acceptors (Lipinski definition) is 2. The van der Waals surface area contributed by atoms with E-state index < -0.39 is 0 Å². The topological polar surface area (TPSA) is 35.6 Å². The molecule has 0 spiro atoms. The molecule has 0 bridgehead atoms. The van der Waals surface area contributed by atoms with Crippen molar-refractivity contribution in [3.8, 4) is 5.82 Å². The Labute approximate surface area is 108 Å². The smallest absolute Gasteiger partial charge is 0.160 e. The number of alkyl halides is 1. The van der Waals surface area contributed by atoms with Crippen molar-refractivity contribution in [1.29, 1.82) is 0 Å². The van der Waals surface area contributed by atoms with Crippen LogP contribution in [0.25, 0.3) is 16.9 Å². The number of aryl methyl sites for hydroxylation is 1. The first-order chi connectivity index (χ1) is 8.69. The molecule has 1 aromatic carbocycles. The summed E-state index contributed by atoms with van der Waals surface area (Å²) in [5.74, 6) is 1.27. The van der Waals surface area contributed by atoms with Gasteiger partial charge in [-0.2, -0.15) is 5.10 Å². The molecule has 0 aliphatic rings. The molecule has 0 saturated carbocycles. The Morgan fingerprint density at radius 3 is 2.83 bits per heavy atom. The molecule has 6 heteroatoms. The molecule has 0 atom stereocenters. The zero-order valence-electron chi connectivity index (χ0n) is 9.64. The van der Waals surface area contributed by atoms with E-state index in [4.69, 9.17) is 11.6 Å². The van der Waals surface area contributed by atoms with Crippen LogP contribution in [0.1, 0.15) is 5.82 Å². The first-order valence-electron chi connectivity index (χ1n) is 5.42. The Balaban J connectivity index is 2.34. The van der Waals surface area contributed by atoms with Crippen molar-refractivity contribution in [1.82, 2.24) is 19.3 Å². The van der Waals surface area contributed by atoms with Gasteiger partial charge in [-0.3, -0.25) is 9.25 Å². The van der Waals surface area contributed by atoms with Crippen LogP contribution in [-0.2, 0) is 12.9 Å². The highest BCUT2D eigenvalue weighted by Gasteiger charge is 2.13. The monoisotopic (exact) mass is 264 g/mol. The van der Waals surface area contributed by atoms with Gasteiger partial charge in [0.2, 0.25) is 0 Å². The molecule has 4 nitrogen and oxygen atoms in total. The van der Waals surface area contributed by atoms with Gasteiger partial charge in [0.1, 0.15) is 11.6 Å². The third-order valence-corrected chi connectivity index (χ3v) is 2.97. The number of aromatic nitrogens is 4. The van der Waals surface area contributed by atoms with Crippen molar-refractivity contribution in [2.24, 2.45) is 7.05 Å². The number of imidazole rings is 1. The van der Waals surface area contributed by atoms with Crippen molar-refractivity contribution >= 4 is 22.6 Å². The molecule has 3 rings (SSSR count). The van der Waals surface area contributed by atoms with Crippen molar-refractivity contribution in [3.05, 3.63) is 42.1 Å². The second-order valence-corrected chi connectivity index (χ2v) is 4.24. The molecule has 2 heterocycles. The second kappa shape index (κ2) is 4.10. The molecule has 0 aliphatic carbocycles. The summed E-state index contributed by atoms with van der Waals surface area (Å²) in [5, 5.41) is 4.30. The fourth-order valence-electron chi connectivity index (χ4n) is 1.97.